The maximum Gasteiger partial charge on any atom is 0.251 e. The molecule has 0 spiro atoms. The number of carbonyl (C=O) groups excluding carboxylic acids is 1. The molecule has 29 heavy (non-hydrogen) atoms. The van der Waals surface area contributed by atoms with Crippen LogP contribution in [0.25, 0.3) is 10.9 Å². The molecule has 0 bridgehead atoms. The first-order valence-electron chi connectivity index (χ1n) is 9.26. The molecule has 1 aromatic heterocycles. The normalized spacial score (nSPS) is 10.7. The highest BCUT2D eigenvalue weighted by atomic mass is 19.1. The van der Waals surface area contributed by atoms with Crippen LogP contribution >= 0.6 is 0 Å². The van der Waals surface area contributed by atoms with Gasteiger partial charge in [-0.25, -0.2) is 4.39 Å². The zero-order chi connectivity index (χ0) is 20.1. The van der Waals surface area contributed by atoms with Gasteiger partial charge in [-0.05, 0) is 59.7 Å². The smallest absolute Gasteiger partial charge is 0.251 e. The molecular weight excluding hydrogens is 367 g/mol. The summed E-state index contributed by atoms with van der Waals surface area (Å²) in [6.45, 7) is 0.653. The molecule has 0 aliphatic rings. The molecule has 4 rings (SSSR count). The molecule has 0 aliphatic heterocycles. The molecule has 1 amide bonds. The second-order valence-corrected chi connectivity index (χ2v) is 6.66. The van der Waals surface area contributed by atoms with E-state index in [0.717, 1.165) is 22.0 Å². The van der Waals surface area contributed by atoms with Gasteiger partial charge in [-0.15, -0.1) is 0 Å². The summed E-state index contributed by atoms with van der Waals surface area (Å²) >= 11 is 0. The Bertz CT molecular complexity index is 1160. The van der Waals surface area contributed by atoms with E-state index >= 15 is 0 Å². The number of nitrogens with zero attached hydrogens (tertiary/aromatic N) is 1. The Labute approximate surface area is 168 Å². The fraction of sp³-hybridized carbons (Fsp3) is 0.0833. The summed E-state index contributed by atoms with van der Waals surface area (Å²) in [4.78, 5) is 16.8. The summed E-state index contributed by atoms with van der Waals surface area (Å²) in [5.41, 5.74) is 3.11. The number of halogens is 1. The maximum atomic E-state index is 13.3. The van der Waals surface area contributed by atoms with Crippen molar-refractivity contribution >= 4 is 16.8 Å². The molecular formula is C24H19FN2O2. The van der Waals surface area contributed by atoms with Crippen LogP contribution in [0.15, 0.2) is 85.1 Å². The maximum absolute atomic E-state index is 13.3. The lowest BCUT2D eigenvalue weighted by atomic mass is 10.1. The van der Waals surface area contributed by atoms with Gasteiger partial charge < -0.3 is 10.1 Å². The van der Waals surface area contributed by atoms with E-state index in [-0.39, 0.29) is 18.3 Å². The van der Waals surface area contributed by atoms with E-state index in [4.69, 9.17) is 4.74 Å². The number of benzene rings is 3. The van der Waals surface area contributed by atoms with Crippen molar-refractivity contribution in [1.82, 2.24) is 10.3 Å². The number of fused-ring (bicyclic) bond motifs is 1. The molecule has 0 saturated carbocycles. The van der Waals surface area contributed by atoms with Gasteiger partial charge in [0.2, 0.25) is 0 Å². The first kappa shape index (κ1) is 18.6. The lowest BCUT2D eigenvalue weighted by Gasteiger charge is -2.10. The van der Waals surface area contributed by atoms with E-state index in [1.165, 1.54) is 12.1 Å². The molecule has 1 N–H and O–H groups in total. The second kappa shape index (κ2) is 8.52. The Morgan fingerprint density at radius 1 is 0.931 bits per heavy atom. The molecule has 5 heteroatoms. The Morgan fingerprint density at radius 2 is 1.79 bits per heavy atom. The van der Waals surface area contributed by atoms with Gasteiger partial charge in [0.25, 0.3) is 5.91 Å². The summed E-state index contributed by atoms with van der Waals surface area (Å²) in [5, 5.41) is 3.85. The second-order valence-electron chi connectivity index (χ2n) is 6.66. The third-order valence-corrected chi connectivity index (χ3v) is 4.51. The molecule has 0 saturated heterocycles. The molecule has 4 aromatic rings. The zero-order valence-electron chi connectivity index (χ0n) is 15.6. The van der Waals surface area contributed by atoms with Crippen LogP contribution in [-0.4, -0.2) is 10.9 Å². The first-order chi connectivity index (χ1) is 14.2. The number of aromatic nitrogens is 1. The average molecular weight is 386 g/mol. The van der Waals surface area contributed by atoms with Crippen molar-refractivity contribution in [3.63, 3.8) is 0 Å². The van der Waals surface area contributed by atoms with Gasteiger partial charge in [-0.3, -0.25) is 9.78 Å². The van der Waals surface area contributed by atoms with E-state index < -0.39 is 0 Å². The van der Waals surface area contributed by atoms with Crippen molar-refractivity contribution < 1.29 is 13.9 Å². The van der Waals surface area contributed by atoms with Crippen molar-refractivity contribution in [1.29, 1.82) is 0 Å². The number of carbonyl (C=O) groups is 1. The third-order valence-electron chi connectivity index (χ3n) is 4.51. The van der Waals surface area contributed by atoms with Crippen LogP contribution in [-0.2, 0) is 13.2 Å². The van der Waals surface area contributed by atoms with Gasteiger partial charge in [-0.2, -0.15) is 0 Å². The number of pyridine rings is 1. The molecule has 4 nitrogen and oxygen atoms in total. The summed E-state index contributed by atoms with van der Waals surface area (Å²) in [7, 11) is 0. The van der Waals surface area contributed by atoms with Crippen LogP contribution in [0.5, 0.6) is 5.75 Å². The van der Waals surface area contributed by atoms with Crippen LogP contribution in [0.2, 0.25) is 0 Å². The number of nitrogens with one attached hydrogen (secondary N) is 1. The van der Waals surface area contributed by atoms with Crippen molar-refractivity contribution in [2.24, 2.45) is 0 Å². The minimum absolute atomic E-state index is 0.151. The highest BCUT2D eigenvalue weighted by Gasteiger charge is 2.07. The predicted molar refractivity (Wildman–Crippen MR) is 110 cm³/mol. The van der Waals surface area contributed by atoms with Gasteiger partial charge in [0, 0.05) is 23.7 Å². The van der Waals surface area contributed by atoms with E-state index in [1.54, 1.807) is 18.3 Å². The molecule has 0 unspecified atom stereocenters. The SMILES string of the molecule is O=C(NCc1cccc(OCc2cccc(F)c2)c1)c1ccc2ncccc2c1. The third kappa shape index (κ3) is 4.76. The van der Waals surface area contributed by atoms with E-state index in [9.17, 15) is 9.18 Å². The number of ether oxygens (including phenoxy) is 1. The molecule has 144 valence electrons. The Balaban J connectivity index is 1.37. The van der Waals surface area contributed by atoms with E-state index in [2.05, 4.69) is 10.3 Å². The van der Waals surface area contributed by atoms with Crippen LogP contribution < -0.4 is 10.1 Å². The summed E-state index contributed by atoms with van der Waals surface area (Å²) in [5.74, 6) is 0.228. The lowest BCUT2D eigenvalue weighted by molar-refractivity contribution is 0.0951. The Kier molecular flexibility index (Phi) is 5.47. The van der Waals surface area contributed by atoms with Crippen molar-refractivity contribution in [2.45, 2.75) is 13.2 Å². The van der Waals surface area contributed by atoms with Gasteiger partial charge in [0.15, 0.2) is 0 Å². The average Bonchev–Trinajstić information content (AvgIpc) is 2.76. The quantitative estimate of drug-likeness (QED) is 0.514. The van der Waals surface area contributed by atoms with Gasteiger partial charge >= 0.3 is 0 Å². The lowest BCUT2D eigenvalue weighted by Crippen LogP contribution is -2.22. The summed E-state index contributed by atoms with van der Waals surface area (Å²) < 4.78 is 19.0. The monoisotopic (exact) mass is 386 g/mol. The summed E-state index contributed by atoms with van der Waals surface area (Å²) in [6.07, 6.45) is 1.73. The van der Waals surface area contributed by atoms with Crippen LogP contribution in [0, 0.1) is 5.82 Å². The van der Waals surface area contributed by atoms with Crippen molar-refractivity contribution in [3.8, 4) is 5.75 Å². The molecule has 3 aromatic carbocycles. The largest absolute Gasteiger partial charge is 0.489 e. The first-order valence-corrected chi connectivity index (χ1v) is 9.26. The Hall–Kier alpha value is -3.73. The fourth-order valence-electron chi connectivity index (χ4n) is 3.04. The van der Waals surface area contributed by atoms with Crippen molar-refractivity contribution in [3.05, 3.63) is 108 Å². The number of rotatable bonds is 6. The van der Waals surface area contributed by atoms with Gasteiger partial charge in [0.1, 0.15) is 18.2 Å². The van der Waals surface area contributed by atoms with Crippen LogP contribution in [0.3, 0.4) is 0 Å². The number of amides is 1. The standard InChI is InChI=1S/C24H19FN2O2/c25-21-7-1-5-18(12-21)16-29-22-8-2-4-17(13-22)15-27-24(28)20-9-10-23-19(14-20)6-3-11-26-23/h1-14H,15-16H2,(H,27,28). The number of hydrogen-bond acceptors (Lipinski definition) is 3. The molecule has 1 heterocycles. The predicted octanol–water partition coefficient (Wildman–Crippen LogP) is 4.88. The summed E-state index contributed by atoms with van der Waals surface area (Å²) in [6, 6.07) is 23.0. The minimum Gasteiger partial charge on any atom is -0.489 e. The molecule has 0 atom stereocenters. The molecule has 0 aliphatic carbocycles. The number of hydrogen-bond donors (Lipinski definition) is 1. The highest BCUT2D eigenvalue weighted by molar-refractivity contribution is 5.97. The van der Waals surface area contributed by atoms with Crippen molar-refractivity contribution in [2.75, 3.05) is 0 Å². The zero-order valence-corrected chi connectivity index (χ0v) is 15.6. The van der Waals surface area contributed by atoms with E-state index in [1.807, 2.05) is 54.6 Å². The van der Waals surface area contributed by atoms with Crippen LogP contribution in [0.4, 0.5) is 4.39 Å². The molecule has 0 fully saturated rings. The van der Waals surface area contributed by atoms with Gasteiger partial charge in [-0.1, -0.05) is 30.3 Å². The van der Waals surface area contributed by atoms with Gasteiger partial charge in [0.05, 0.1) is 5.52 Å². The van der Waals surface area contributed by atoms with Crippen LogP contribution in [0.1, 0.15) is 21.5 Å². The molecule has 0 radical (unpaired) electrons. The van der Waals surface area contributed by atoms with E-state index in [0.29, 0.717) is 17.9 Å². The topological polar surface area (TPSA) is 51.2 Å². The fourth-order valence-corrected chi connectivity index (χ4v) is 3.04. The minimum atomic E-state index is -0.285. The highest BCUT2D eigenvalue weighted by Crippen LogP contribution is 2.17. The Morgan fingerprint density at radius 3 is 2.69 bits per heavy atom.